The minimum absolute atomic E-state index is 0.599. The Morgan fingerprint density at radius 3 is 2.83 bits per heavy atom. The van der Waals surface area contributed by atoms with Gasteiger partial charge in [-0.2, -0.15) is 0 Å². The summed E-state index contributed by atoms with van der Waals surface area (Å²) >= 11 is 0. The van der Waals surface area contributed by atoms with Crippen molar-refractivity contribution in [2.45, 2.75) is 19.9 Å². The zero-order valence-electron chi connectivity index (χ0n) is 13.4. The lowest BCUT2D eigenvalue weighted by molar-refractivity contribution is 0.202. The minimum Gasteiger partial charge on any atom is -0.465 e. The van der Waals surface area contributed by atoms with Crippen LogP contribution in [0.2, 0.25) is 0 Å². The monoisotopic (exact) mass is 311 g/mol. The predicted molar refractivity (Wildman–Crippen MR) is 92.5 cm³/mol. The fraction of sp³-hybridized carbons (Fsp3) is 0.278. The molecule has 0 unspecified atom stereocenters. The maximum Gasteiger partial charge on any atom is 0.130 e. The Labute approximate surface area is 135 Å². The molecule has 23 heavy (non-hydrogen) atoms. The molecule has 120 valence electrons. The fourth-order valence-electron chi connectivity index (χ4n) is 2.55. The summed E-state index contributed by atoms with van der Waals surface area (Å²) in [5.74, 6) is 2.65. The highest BCUT2D eigenvalue weighted by Crippen LogP contribution is 2.23. The van der Waals surface area contributed by atoms with E-state index in [1.807, 2.05) is 37.3 Å². The van der Waals surface area contributed by atoms with Gasteiger partial charge in [-0.15, -0.1) is 0 Å². The van der Waals surface area contributed by atoms with E-state index in [1.165, 1.54) is 0 Å². The van der Waals surface area contributed by atoms with Gasteiger partial charge in [0.1, 0.15) is 17.3 Å². The van der Waals surface area contributed by atoms with Crippen LogP contribution in [0.5, 0.6) is 0 Å². The number of pyridine rings is 1. The van der Waals surface area contributed by atoms with Crippen molar-refractivity contribution in [3.05, 3.63) is 53.5 Å². The van der Waals surface area contributed by atoms with Crippen LogP contribution in [0.4, 0.5) is 11.5 Å². The van der Waals surface area contributed by atoms with Crippen LogP contribution in [0.1, 0.15) is 17.1 Å². The molecule has 0 aliphatic carbocycles. The van der Waals surface area contributed by atoms with Gasteiger partial charge >= 0.3 is 0 Å². The van der Waals surface area contributed by atoms with Crippen LogP contribution in [-0.4, -0.2) is 18.7 Å². The molecule has 0 radical (unpaired) electrons. The summed E-state index contributed by atoms with van der Waals surface area (Å²) in [7, 11) is 1.70. The normalized spacial score (nSPS) is 11.0. The molecule has 0 aliphatic rings. The quantitative estimate of drug-likeness (QED) is 0.681. The van der Waals surface area contributed by atoms with Crippen LogP contribution in [-0.2, 0) is 17.7 Å². The van der Waals surface area contributed by atoms with Crippen molar-refractivity contribution in [1.82, 2.24) is 4.98 Å². The number of nitrogens with two attached hydrogens (primary N) is 1. The molecule has 2 aromatic heterocycles. The van der Waals surface area contributed by atoms with Crippen LogP contribution in [0.25, 0.3) is 10.9 Å². The number of aromatic nitrogens is 1. The summed E-state index contributed by atoms with van der Waals surface area (Å²) in [6.07, 6.45) is 0.785. The third kappa shape index (κ3) is 3.63. The van der Waals surface area contributed by atoms with Crippen molar-refractivity contribution >= 4 is 22.4 Å². The number of nitrogens with zero attached hydrogens (tertiary/aromatic N) is 1. The molecular weight excluding hydrogens is 290 g/mol. The highest BCUT2D eigenvalue weighted by atomic mass is 16.5. The van der Waals surface area contributed by atoms with Crippen molar-refractivity contribution in [2.24, 2.45) is 0 Å². The molecule has 5 nitrogen and oxygen atoms in total. The third-order valence-corrected chi connectivity index (χ3v) is 3.72. The number of hydrogen-bond acceptors (Lipinski definition) is 5. The number of furan rings is 1. The molecule has 0 saturated carbocycles. The van der Waals surface area contributed by atoms with Gasteiger partial charge < -0.3 is 20.2 Å². The first-order valence-electron chi connectivity index (χ1n) is 7.63. The highest BCUT2D eigenvalue weighted by molar-refractivity contribution is 5.84. The van der Waals surface area contributed by atoms with E-state index in [4.69, 9.17) is 19.9 Å². The third-order valence-electron chi connectivity index (χ3n) is 3.72. The Morgan fingerprint density at radius 2 is 2.09 bits per heavy atom. The fourth-order valence-corrected chi connectivity index (χ4v) is 2.55. The van der Waals surface area contributed by atoms with Gasteiger partial charge in [-0.3, -0.25) is 0 Å². The zero-order chi connectivity index (χ0) is 16.2. The van der Waals surface area contributed by atoms with E-state index in [0.29, 0.717) is 13.2 Å². The number of rotatable bonds is 6. The number of benzene rings is 1. The summed E-state index contributed by atoms with van der Waals surface area (Å²) in [5.41, 5.74) is 8.63. The number of fused-ring (bicyclic) bond motifs is 1. The van der Waals surface area contributed by atoms with Gasteiger partial charge in [0.25, 0.3) is 0 Å². The number of anilines is 2. The van der Waals surface area contributed by atoms with Crippen LogP contribution in [0, 0.1) is 6.92 Å². The Morgan fingerprint density at radius 1 is 1.22 bits per heavy atom. The van der Waals surface area contributed by atoms with Crippen molar-refractivity contribution in [2.75, 3.05) is 24.8 Å². The average molecular weight is 311 g/mol. The molecule has 5 heteroatoms. The number of methoxy groups -OCH3 is 1. The van der Waals surface area contributed by atoms with Gasteiger partial charge in [0.2, 0.25) is 0 Å². The van der Waals surface area contributed by atoms with E-state index >= 15 is 0 Å². The van der Waals surface area contributed by atoms with Gasteiger partial charge in [0, 0.05) is 18.2 Å². The molecule has 3 aromatic rings. The largest absolute Gasteiger partial charge is 0.465 e. The number of hydrogen-bond donors (Lipinski definition) is 2. The van der Waals surface area contributed by atoms with E-state index in [0.717, 1.165) is 45.9 Å². The topological polar surface area (TPSA) is 73.3 Å². The maximum atomic E-state index is 5.87. The van der Waals surface area contributed by atoms with Gasteiger partial charge in [-0.1, -0.05) is 0 Å². The Hall–Kier alpha value is -2.53. The molecule has 0 saturated heterocycles. The zero-order valence-corrected chi connectivity index (χ0v) is 13.4. The first-order chi connectivity index (χ1) is 11.2. The van der Waals surface area contributed by atoms with Gasteiger partial charge in [-0.05, 0) is 55.3 Å². The highest BCUT2D eigenvalue weighted by Gasteiger charge is 2.08. The van der Waals surface area contributed by atoms with E-state index in [-0.39, 0.29) is 0 Å². The summed E-state index contributed by atoms with van der Waals surface area (Å²) in [5, 5.41) is 4.40. The molecule has 0 spiro atoms. The lowest BCUT2D eigenvalue weighted by atomic mass is 10.1. The van der Waals surface area contributed by atoms with Crippen molar-refractivity contribution in [3.63, 3.8) is 0 Å². The average Bonchev–Trinajstić information content (AvgIpc) is 2.96. The maximum absolute atomic E-state index is 5.87. The number of nitrogens with one attached hydrogen (secondary N) is 1. The van der Waals surface area contributed by atoms with Crippen LogP contribution < -0.4 is 11.1 Å². The molecule has 3 rings (SSSR count). The summed E-state index contributed by atoms with van der Waals surface area (Å²) in [6.45, 7) is 3.18. The first-order valence-corrected chi connectivity index (χ1v) is 7.63. The molecule has 0 bridgehead atoms. The van der Waals surface area contributed by atoms with Gasteiger partial charge in [0.15, 0.2) is 0 Å². The molecule has 0 fully saturated rings. The molecule has 2 heterocycles. The first kappa shape index (κ1) is 15.4. The van der Waals surface area contributed by atoms with E-state index in [1.54, 1.807) is 7.11 Å². The van der Waals surface area contributed by atoms with Crippen molar-refractivity contribution < 1.29 is 9.15 Å². The minimum atomic E-state index is 0.599. The molecule has 0 atom stereocenters. The Balaban J connectivity index is 1.90. The predicted octanol–water partition coefficient (Wildman–Crippen LogP) is 3.52. The van der Waals surface area contributed by atoms with Gasteiger partial charge in [0.05, 0.1) is 18.7 Å². The number of aryl methyl sites for hydroxylation is 1. The number of nitrogen functional groups attached to an aromatic ring is 1. The second-order valence-corrected chi connectivity index (χ2v) is 5.56. The van der Waals surface area contributed by atoms with Crippen LogP contribution in [0.3, 0.4) is 0 Å². The standard InChI is InChI=1S/C18H21N3O2/c1-12-3-5-16(23-12)11-20-18-13(7-8-22-2)9-14-10-15(19)4-6-17(14)21-18/h3-6,9-10H,7-8,11,19H2,1-2H3,(H,20,21). The SMILES string of the molecule is COCCc1cc2cc(N)ccc2nc1NCc1ccc(C)o1. The smallest absolute Gasteiger partial charge is 0.130 e. The lowest BCUT2D eigenvalue weighted by Crippen LogP contribution is -2.06. The Bertz CT molecular complexity index is 811. The lowest BCUT2D eigenvalue weighted by Gasteiger charge is -2.12. The van der Waals surface area contributed by atoms with E-state index in [2.05, 4.69) is 11.4 Å². The number of ether oxygens (including phenoxy) is 1. The van der Waals surface area contributed by atoms with E-state index in [9.17, 15) is 0 Å². The van der Waals surface area contributed by atoms with E-state index < -0.39 is 0 Å². The van der Waals surface area contributed by atoms with Crippen molar-refractivity contribution in [1.29, 1.82) is 0 Å². The summed E-state index contributed by atoms with van der Waals surface area (Å²) in [6, 6.07) is 11.8. The van der Waals surface area contributed by atoms with Crippen LogP contribution >= 0.6 is 0 Å². The Kier molecular flexibility index (Phi) is 4.48. The molecule has 1 aromatic carbocycles. The summed E-state index contributed by atoms with van der Waals surface area (Å²) in [4.78, 5) is 4.73. The van der Waals surface area contributed by atoms with Crippen molar-refractivity contribution in [3.8, 4) is 0 Å². The molecular formula is C18H21N3O2. The molecule has 0 amide bonds. The second kappa shape index (κ2) is 6.71. The molecule has 0 aliphatic heterocycles. The summed E-state index contributed by atoms with van der Waals surface area (Å²) < 4.78 is 10.8. The second-order valence-electron chi connectivity index (χ2n) is 5.56. The van der Waals surface area contributed by atoms with Gasteiger partial charge in [-0.25, -0.2) is 4.98 Å². The molecule has 3 N–H and O–H groups in total. The van der Waals surface area contributed by atoms with Crippen LogP contribution in [0.15, 0.2) is 40.8 Å².